The Morgan fingerprint density at radius 3 is 2.38 bits per heavy atom. The Morgan fingerprint density at radius 2 is 2.25 bits per heavy atom. The fourth-order valence-corrected chi connectivity index (χ4v) is 0.341. The summed E-state index contributed by atoms with van der Waals surface area (Å²) in [5.41, 5.74) is 0. The van der Waals surface area contributed by atoms with Gasteiger partial charge < -0.3 is 10.7 Å². The van der Waals surface area contributed by atoms with Crippen molar-refractivity contribution in [3.8, 4) is 0 Å². The average molecular weight is 114 g/mol. The Labute approximate surface area is 48.1 Å². The van der Waals surface area contributed by atoms with Crippen molar-refractivity contribution < 1.29 is 0 Å². The summed E-state index contributed by atoms with van der Waals surface area (Å²) in [4.78, 5) is 0. The van der Waals surface area contributed by atoms with Gasteiger partial charge in [0.25, 0.3) is 0 Å². The normalized spacial score (nSPS) is 8.25. The van der Waals surface area contributed by atoms with Gasteiger partial charge in [0.05, 0.1) is 0 Å². The lowest BCUT2D eigenvalue weighted by Crippen LogP contribution is -1.86. The minimum atomic E-state index is 0. The second-order valence-electron chi connectivity index (χ2n) is 1.49. The first-order valence-electron chi connectivity index (χ1n) is 2.11. The van der Waals surface area contributed by atoms with Crippen LogP contribution in [0.25, 0.3) is 0 Å². The van der Waals surface area contributed by atoms with Crippen LogP contribution in [0.5, 0.6) is 0 Å². The topological polar surface area (TPSA) is 65.7 Å². The summed E-state index contributed by atoms with van der Waals surface area (Å²) in [7, 11) is 1.91. The molecule has 0 atom stereocenters. The van der Waals surface area contributed by atoms with E-state index in [9.17, 15) is 0 Å². The van der Waals surface area contributed by atoms with Crippen LogP contribution in [0.4, 0.5) is 0 Å². The SMILES string of the molecule is Cc1nncn1C.N. The molecule has 1 heterocycles. The highest BCUT2D eigenvalue weighted by molar-refractivity contribution is 4.76. The number of rotatable bonds is 0. The van der Waals surface area contributed by atoms with Crippen molar-refractivity contribution in [2.45, 2.75) is 6.92 Å². The lowest BCUT2D eigenvalue weighted by atomic mass is 10.7. The van der Waals surface area contributed by atoms with E-state index in [0.717, 1.165) is 5.82 Å². The van der Waals surface area contributed by atoms with Crippen LogP contribution in [0.3, 0.4) is 0 Å². The van der Waals surface area contributed by atoms with Gasteiger partial charge in [0, 0.05) is 7.05 Å². The van der Waals surface area contributed by atoms with E-state index in [2.05, 4.69) is 10.2 Å². The zero-order valence-electron chi connectivity index (χ0n) is 5.13. The van der Waals surface area contributed by atoms with Crippen molar-refractivity contribution in [3.05, 3.63) is 12.2 Å². The first-order chi connectivity index (χ1) is 3.30. The summed E-state index contributed by atoms with van der Waals surface area (Å²) in [6.07, 6.45) is 1.68. The molecule has 46 valence electrons. The second kappa shape index (κ2) is 2.42. The van der Waals surface area contributed by atoms with Crippen molar-refractivity contribution in [1.29, 1.82) is 0 Å². The predicted molar refractivity (Wildman–Crippen MR) is 30.8 cm³/mol. The van der Waals surface area contributed by atoms with Crippen LogP contribution in [-0.2, 0) is 7.05 Å². The Hall–Kier alpha value is -0.900. The Morgan fingerprint density at radius 1 is 1.62 bits per heavy atom. The molecule has 0 radical (unpaired) electrons. The molecule has 1 rings (SSSR count). The van der Waals surface area contributed by atoms with Crippen LogP contribution in [0, 0.1) is 6.92 Å². The van der Waals surface area contributed by atoms with E-state index >= 15 is 0 Å². The summed E-state index contributed by atoms with van der Waals surface area (Å²) in [6.45, 7) is 1.91. The molecule has 0 fully saturated rings. The maximum Gasteiger partial charge on any atom is 0.129 e. The van der Waals surface area contributed by atoms with E-state index in [0.29, 0.717) is 0 Å². The van der Waals surface area contributed by atoms with Crippen molar-refractivity contribution in [2.24, 2.45) is 7.05 Å². The van der Waals surface area contributed by atoms with E-state index in [1.54, 1.807) is 6.33 Å². The molecule has 0 unspecified atom stereocenters. The molecule has 4 heteroatoms. The molecule has 0 aromatic carbocycles. The minimum Gasteiger partial charge on any atom is -0.344 e. The van der Waals surface area contributed by atoms with E-state index in [1.807, 2.05) is 18.5 Å². The van der Waals surface area contributed by atoms with Crippen LogP contribution >= 0.6 is 0 Å². The predicted octanol–water partition coefficient (Wildman–Crippen LogP) is 0.286. The molecule has 8 heavy (non-hydrogen) atoms. The number of hydrogen-bond acceptors (Lipinski definition) is 3. The van der Waals surface area contributed by atoms with Crippen molar-refractivity contribution in [3.63, 3.8) is 0 Å². The van der Waals surface area contributed by atoms with Crippen LogP contribution in [-0.4, -0.2) is 14.8 Å². The van der Waals surface area contributed by atoms with Crippen LogP contribution in [0.1, 0.15) is 5.82 Å². The molecule has 0 aliphatic heterocycles. The highest BCUT2D eigenvalue weighted by Gasteiger charge is 1.85. The smallest absolute Gasteiger partial charge is 0.129 e. The van der Waals surface area contributed by atoms with Gasteiger partial charge in [-0.1, -0.05) is 0 Å². The fourth-order valence-electron chi connectivity index (χ4n) is 0.341. The van der Waals surface area contributed by atoms with E-state index in [1.165, 1.54) is 0 Å². The lowest BCUT2D eigenvalue weighted by molar-refractivity contribution is 0.858. The third-order valence-electron chi connectivity index (χ3n) is 0.938. The molecule has 0 bridgehead atoms. The van der Waals surface area contributed by atoms with Gasteiger partial charge in [-0.15, -0.1) is 10.2 Å². The fraction of sp³-hybridized carbons (Fsp3) is 0.500. The minimum absolute atomic E-state index is 0. The maximum atomic E-state index is 3.73. The van der Waals surface area contributed by atoms with Gasteiger partial charge in [0.2, 0.25) is 0 Å². The van der Waals surface area contributed by atoms with E-state index in [-0.39, 0.29) is 6.15 Å². The third-order valence-corrected chi connectivity index (χ3v) is 0.938. The van der Waals surface area contributed by atoms with E-state index < -0.39 is 0 Å². The molecular formula is C4H10N4. The van der Waals surface area contributed by atoms with Gasteiger partial charge in [-0.3, -0.25) is 0 Å². The monoisotopic (exact) mass is 114 g/mol. The second-order valence-corrected chi connectivity index (χ2v) is 1.49. The van der Waals surface area contributed by atoms with E-state index in [4.69, 9.17) is 0 Å². The number of aryl methyl sites for hydroxylation is 2. The Balaban J connectivity index is 0.000000490. The van der Waals surface area contributed by atoms with Gasteiger partial charge in [0.15, 0.2) is 0 Å². The van der Waals surface area contributed by atoms with Crippen LogP contribution in [0.15, 0.2) is 6.33 Å². The Bertz CT molecular complexity index is 140. The molecule has 3 N–H and O–H groups in total. The molecule has 0 spiro atoms. The molecule has 1 aromatic rings. The molecule has 1 aromatic heterocycles. The van der Waals surface area contributed by atoms with Gasteiger partial charge in [-0.05, 0) is 6.92 Å². The van der Waals surface area contributed by atoms with Crippen molar-refractivity contribution in [2.75, 3.05) is 0 Å². The molecule has 0 amide bonds. The van der Waals surface area contributed by atoms with Gasteiger partial charge in [0.1, 0.15) is 12.2 Å². The first-order valence-corrected chi connectivity index (χ1v) is 2.11. The average Bonchev–Trinajstić information content (AvgIpc) is 1.91. The lowest BCUT2D eigenvalue weighted by Gasteiger charge is -1.84. The van der Waals surface area contributed by atoms with Crippen molar-refractivity contribution in [1.82, 2.24) is 20.9 Å². The number of hydrogen-bond donors (Lipinski definition) is 1. The molecule has 0 aliphatic rings. The third kappa shape index (κ3) is 1.04. The van der Waals surface area contributed by atoms with Crippen LogP contribution < -0.4 is 6.15 Å². The summed E-state index contributed by atoms with van der Waals surface area (Å²) in [6, 6.07) is 0. The zero-order valence-corrected chi connectivity index (χ0v) is 5.13. The highest BCUT2D eigenvalue weighted by Crippen LogP contribution is 1.82. The maximum absolute atomic E-state index is 3.73. The molecule has 4 nitrogen and oxygen atoms in total. The number of nitrogens with zero attached hydrogens (tertiary/aromatic N) is 3. The van der Waals surface area contributed by atoms with Gasteiger partial charge >= 0.3 is 0 Å². The summed E-state index contributed by atoms with van der Waals surface area (Å²) in [5, 5.41) is 7.36. The zero-order chi connectivity index (χ0) is 5.28. The van der Waals surface area contributed by atoms with Gasteiger partial charge in [-0.2, -0.15) is 0 Å². The summed E-state index contributed by atoms with van der Waals surface area (Å²) >= 11 is 0. The molecule has 0 aliphatic carbocycles. The molecular weight excluding hydrogens is 104 g/mol. The van der Waals surface area contributed by atoms with Crippen LogP contribution in [0.2, 0.25) is 0 Å². The van der Waals surface area contributed by atoms with Gasteiger partial charge in [-0.25, -0.2) is 0 Å². The number of aromatic nitrogens is 3. The first kappa shape index (κ1) is 7.10. The largest absolute Gasteiger partial charge is 0.344 e. The highest BCUT2D eigenvalue weighted by atomic mass is 15.2. The summed E-state index contributed by atoms with van der Waals surface area (Å²) in [5.74, 6) is 0.944. The van der Waals surface area contributed by atoms with Crippen molar-refractivity contribution >= 4 is 0 Å². The summed E-state index contributed by atoms with van der Waals surface area (Å²) < 4.78 is 1.86. The molecule has 0 saturated carbocycles. The Kier molecular flexibility index (Phi) is 2.15. The quantitative estimate of drug-likeness (QED) is 0.527. The molecule has 0 saturated heterocycles. The standard InChI is InChI=1S/C4H7N3.H3N/c1-4-6-5-3-7(4)2;/h3H,1-2H3;1H3.